The Bertz CT molecular complexity index is 399. The van der Waals surface area contributed by atoms with Crippen LogP contribution in [0.25, 0.3) is 5.57 Å². The van der Waals surface area contributed by atoms with Crippen LogP contribution in [0, 0.1) is 12.3 Å². The number of hydrogen-bond acceptors (Lipinski definition) is 1. The van der Waals surface area contributed by atoms with Gasteiger partial charge in [-0.05, 0) is 40.8 Å². The van der Waals surface area contributed by atoms with E-state index >= 15 is 0 Å². The second kappa shape index (κ2) is 6.06. The van der Waals surface area contributed by atoms with Crippen molar-refractivity contribution in [3.63, 3.8) is 0 Å². The molecule has 0 saturated heterocycles. The first-order chi connectivity index (χ1) is 7.33. The monoisotopic (exact) mass is 214 g/mol. The zero-order valence-corrected chi connectivity index (χ0v) is 9.52. The molecule has 0 radical (unpaired) electrons. The van der Waals surface area contributed by atoms with E-state index in [1.165, 1.54) is 11.1 Å². The average molecular weight is 214 g/mol. The standard InChI is InChI=1S/C14H14S/c1-4-7-12(6-3)14(8-5-2)13-9-10-15-11-13/h3-5,9-11H,1-2,7-8H2. The Morgan fingerprint density at radius 3 is 2.60 bits per heavy atom. The quantitative estimate of drug-likeness (QED) is 0.507. The van der Waals surface area contributed by atoms with Crippen molar-refractivity contribution in [3.8, 4) is 12.3 Å². The molecule has 1 aromatic rings. The van der Waals surface area contributed by atoms with Crippen LogP contribution in [0.5, 0.6) is 0 Å². The van der Waals surface area contributed by atoms with Gasteiger partial charge >= 0.3 is 0 Å². The Morgan fingerprint density at radius 2 is 2.13 bits per heavy atom. The lowest BCUT2D eigenvalue weighted by atomic mass is 9.97. The summed E-state index contributed by atoms with van der Waals surface area (Å²) in [5, 5.41) is 4.17. The summed E-state index contributed by atoms with van der Waals surface area (Å²) in [5.74, 6) is 2.74. The molecule has 1 rings (SSSR count). The van der Waals surface area contributed by atoms with Gasteiger partial charge in [-0.25, -0.2) is 0 Å². The molecule has 1 heteroatoms. The smallest absolute Gasteiger partial charge is 0.00965 e. The summed E-state index contributed by atoms with van der Waals surface area (Å²) >= 11 is 1.68. The van der Waals surface area contributed by atoms with E-state index < -0.39 is 0 Å². The Kier molecular flexibility index (Phi) is 4.66. The van der Waals surface area contributed by atoms with Crippen LogP contribution in [0.2, 0.25) is 0 Å². The third kappa shape index (κ3) is 2.97. The Hall–Kier alpha value is -1.52. The topological polar surface area (TPSA) is 0 Å². The van der Waals surface area contributed by atoms with Crippen molar-refractivity contribution in [2.24, 2.45) is 0 Å². The van der Waals surface area contributed by atoms with Gasteiger partial charge in [-0.2, -0.15) is 11.3 Å². The van der Waals surface area contributed by atoms with Gasteiger partial charge in [0.25, 0.3) is 0 Å². The van der Waals surface area contributed by atoms with Gasteiger partial charge in [0.15, 0.2) is 0 Å². The summed E-state index contributed by atoms with van der Waals surface area (Å²) in [5.41, 5.74) is 3.40. The molecule has 0 nitrogen and oxygen atoms in total. The predicted molar refractivity (Wildman–Crippen MR) is 69.7 cm³/mol. The van der Waals surface area contributed by atoms with E-state index in [1.807, 2.05) is 12.2 Å². The molecule has 0 aliphatic carbocycles. The molecule has 0 fully saturated rings. The van der Waals surface area contributed by atoms with Crippen molar-refractivity contribution >= 4 is 16.9 Å². The summed E-state index contributed by atoms with van der Waals surface area (Å²) < 4.78 is 0. The maximum Gasteiger partial charge on any atom is 0.00965 e. The molecule has 1 heterocycles. The molecule has 15 heavy (non-hydrogen) atoms. The van der Waals surface area contributed by atoms with Crippen LogP contribution >= 0.6 is 11.3 Å². The number of rotatable bonds is 5. The summed E-state index contributed by atoms with van der Waals surface area (Å²) in [6.45, 7) is 7.48. The van der Waals surface area contributed by atoms with Crippen LogP contribution < -0.4 is 0 Å². The minimum atomic E-state index is 0.746. The van der Waals surface area contributed by atoms with Gasteiger partial charge in [0, 0.05) is 5.57 Å². The van der Waals surface area contributed by atoms with Crippen molar-refractivity contribution in [2.45, 2.75) is 12.8 Å². The molecule has 0 unspecified atom stereocenters. The normalized spacial score (nSPS) is 11.4. The van der Waals surface area contributed by atoms with Crippen LogP contribution in [0.4, 0.5) is 0 Å². The predicted octanol–water partition coefficient (Wildman–Crippen LogP) is 4.29. The summed E-state index contributed by atoms with van der Waals surface area (Å²) in [4.78, 5) is 0. The van der Waals surface area contributed by atoms with Crippen LogP contribution in [0.15, 0.2) is 47.7 Å². The molecule has 0 aliphatic rings. The van der Waals surface area contributed by atoms with E-state index in [-0.39, 0.29) is 0 Å². The van der Waals surface area contributed by atoms with Gasteiger partial charge in [-0.15, -0.1) is 19.6 Å². The zero-order chi connectivity index (χ0) is 11.1. The lowest BCUT2D eigenvalue weighted by Crippen LogP contribution is -1.87. The first-order valence-corrected chi connectivity index (χ1v) is 5.70. The van der Waals surface area contributed by atoms with Crippen LogP contribution in [-0.4, -0.2) is 0 Å². The van der Waals surface area contributed by atoms with Crippen molar-refractivity contribution < 1.29 is 0 Å². The number of thiophene rings is 1. The Morgan fingerprint density at radius 1 is 1.40 bits per heavy atom. The Labute approximate surface area is 95.7 Å². The average Bonchev–Trinajstić information content (AvgIpc) is 2.76. The maximum absolute atomic E-state index is 5.51. The third-order valence-corrected chi connectivity index (χ3v) is 2.79. The molecule has 0 aromatic carbocycles. The third-order valence-electron chi connectivity index (χ3n) is 2.11. The number of terminal acetylenes is 1. The second-order valence-electron chi connectivity index (χ2n) is 3.10. The van der Waals surface area contributed by atoms with Crippen LogP contribution in [0.3, 0.4) is 0 Å². The van der Waals surface area contributed by atoms with E-state index in [2.05, 4.69) is 35.9 Å². The van der Waals surface area contributed by atoms with E-state index in [4.69, 9.17) is 6.42 Å². The summed E-state index contributed by atoms with van der Waals surface area (Å²) in [6, 6.07) is 2.09. The molecule has 0 aliphatic heterocycles. The number of hydrogen-bond donors (Lipinski definition) is 0. The van der Waals surface area contributed by atoms with E-state index in [1.54, 1.807) is 11.3 Å². The molecule has 76 valence electrons. The molecule has 1 aromatic heterocycles. The van der Waals surface area contributed by atoms with Gasteiger partial charge in [0.2, 0.25) is 0 Å². The highest BCUT2D eigenvalue weighted by Crippen LogP contribution is 2.26. The Balaban J connectivity index is 3.15. The summed E-state index contributed by atoms with van der Waals surface area (Å²) in [6.07, 6.45) is 10.8. The van der Waals surface area contributed by atoms with E-state index in [9.17, 15) is 0 Å². The van der Waals surface area contributed by atoms with Gasteiger partial charge in [-0.3, -0.25) is 0 Å². The molecule has 0 atom stereocenters. The molecule has 0 saturated carbocycles. The molecule has 0 N–H and O–H groups in total. The second-order valence-corrected chi connectivity index (χ2v) is 3.88. The highest BCUT2D eigenvalue weighted by Gasteiger charge is 2.05. The maximum atomic E-state index is 5.51. The lowest BCUT2D eigenvalue weighted by Gasteiger charge is -2.06. The lowest BCUT2D eigenvalue weighted by molar-refractivity contribution is 1.27. The van der Waals surface area contributed by atoms with Crippen LogP contribution in [0.1, 0.15) is 18.4 Å². The fourth-order valence-corrected chi connectivity index (χ4v) is 2.08. The molecule has 0 bridgehead atoms. The highest BCUT2D eigenvalue weighted by atomic mass is 32.1. The number of allylic oxidation sites excluding steroid dienone is 4. The van der Waals surface area contributed by atoms with Crippen molar-refractivity contribution in [1.82, 2.24) is 0 Å². The van der Waals surface area contributed by atoms with E-state index in [0.717, 1.165) is 18.4 Å². The van der Waals surface area contributed by atoms with Gasteiger partial charge in [0.1, 0.15) is 0 Å². The first kappa shape index (κ1) is 11.6. The molecule has 0 amide bonds. The van der Waals surface area contributed by atoms with Gasteiger partial charge < -0.3 is 0 Å². The fourth-order valence-electron chi connectivity index (χ4n) is 1.41. The van der Waals surface area contributed by atoms with E-state index in [0.29, 0.717) is 0 Å². The zero-order valence-electron chi connectivity index (χ0n) is 8.70. The minimum Gasteiger partial charge on any atom is -0.152 e. The van der Waals surface area contributed by atoms with Crippen molar-refractivity contribution in [1.29, 1.82) is 0 Å². The first-order valence-electron chi connectivity index (χ1n) is 4.76. The highest BCUT2D eigenvalue weighted by molar-refractivity contribution is 7.08. The molecule has 0 spiro atoms. The van der Waals surface area contributed by atoms with Crippen molar-refractivity contribution in [3.05, 3.63) is 53.3 Å². The summed E-state index contributed by atoms with van der Waals surface area (Å²) in [7, 11) is 0. The molecular formula is C14H14S. The fraction of sp³-hybridized carbons (Fsp3) is 0.143. The van der Waals surface area contributed by atoms with Crippen LogP contribution in [-0.2, 0) is 0 Å². The molecular weight excluding hydrogens is 200 g/mol. The largest absolute Gasteiger partial charge is 0.152 e. The minimum absolute atomic E-state index is 0.746. The van der Waals surface area contributed by atoms with Crippen molar-refractivity contribution in [2.75, 3.05) is 0 Å². The van der Waals surface area contributed by atoms with Gasteiger partial charge in [-0.1, -0.05) is 18.1 Å². The SMILES string of the molecule is C#CC(CC=C)=C(CC=C)c1ccsc1. The van der Waals surface area contributed by atoms with Gasteiger partial charge in [0.05, 0.1) is 0 Å².